The summed E-state index contributed by atoms with van der Waals surface area (Å²) in [5, 5.41) is 4.06. The van der Waals surface area contributed by atoms with Crippen molar-refractivity contribution in [1.82, 2.24) is 0 Å². The fraction of sp³-hybridized carbons (Fsp3) is 0.400. The van der Waals surface area contributed by atoms with Gasteiger partial charge in [0.05, 0.1) is 18.4 Å². The van der Waals surface area contributed by atoms with Crippen LogP contribution in [-0.4, -0.2) is 19.1 Å². The van der Waals surface area contributed by atoms with Crippen molar-refractivity contribution in [2.24, 2.45) is 11.8 Å². The Morgan fingerprint density at radius 2 is 2.32 bits per heavy atom. The van der Waals surface area contributed by atoms with Gasteiger partial charge in [0.2, 0.25) is 0 Å². The zero-order valence-corrected chi connectivity index (χ0v) is 11.5. The highest BCUT2D eigenvalue weighted by molar-refractivity contribution is 6.31. The molecule has 1 aromatic rings. The molecule has 3 nitrogen and oxygen atoms in total. The Kier molecular flexibility index (Phi) is 3.23. The highest BCUT2D eigenvalue weighted by Gasteiger charge is 2.41. The lowest BCUT2D eigenvalue weighted by Crippen LogP contribution is -2.43. The number of methoxy groups -OCH3 is 1. The van der Waals surface area contributed by atoms with Crippen molar-refractivity contribution in [2.45, 2.75) is 18.9 Å². The molecule has 0 radical (unpaired) electrons. The van der Waals surface area contributed by atoms with Crippen LogP contribution in [0.25, 0.3) is 0 Å². The van der Waals surface area contributed by atoms with E-state index >= 15 is 0 Å². The fourth-order valence-corrected chi connectivity index (χ4v) is 3.18. The van der Waals surface area contributed by atoms with Gasteiger partial charge in [-0.3, -0.25) is 0 Å². The predicted octanol–water partition coefficient (Wildman–Crippen LogP) is 3.50. The number of nitrogens with one attached hydrogen (secondary N) is 1. The van der Waals surface area contributed by atoms with Crippen molar-refractivity contribution >= 4 is 23.3 Å². The minimum absolute atomic E-state index is 0.336. The molecular weight excluding hydrogens is 262 g/mol. The molecule has 19 heavy (non-hydrogen) atoms. The first-order valence-corrected chi connectivity index (χ1v) is 6.88. The van der Waals surface area contributed by atoms with E-state index in [4.69, 9.17) is 16.3 Å². The summed E-state index contributed by atoms with van der Waals surface area (Å²) in [5.74, 6) is 1.03. The van der Waals surface area contributed by atoms with Gasteiger partial charge in [0, 0.05) is 17.0 Å². The van der Waals surface area contributed by atoms with Crippen LogP contribution in [0.1, 0.15) is 23.2 Å². The van der Waals surface area contributed by atoms with E-state index < -0.39 is 0 Å². The van der Waals surface area contributed by atoms with Crippen LogP contribution in [0.5, 0.6) is 0 Å². The minimum atomic E-state index is -0.336. The van der Waals surface area contributed by atoms with Gasteiger partial charge in [-0.25, -0.2) is 4.79 Å². The SMILES string of the molecule is COC(=O)c1ccc(Cl)cc1NC1CC2CC=CC21. The molecule has 1 N–H and O–H groups in total. The summed E-state index contributed by atoms with van der Waals surface area (Å²) in [6.07, 6.45) is 6.84. The fourth-order valence-electron chi connectivity index (χ4n) is 3.01. The Labute approximate surface area is 117 Å². The Hall–Kier alpha value is -1.48. The number of hydrogen-bond donors (Lipinski definition) is 1. The van der Waals surface area contributed by atoms with Crippen molar-refractivity contribution < 1.29 is 9.53 Å². The van der Waals surface area contributed by atoms with Crippen LogP contribution in [0.3, 0.4) is 0 Å². The molecule has 0 aromatic heterocycles. The van der Waals surface area contributed by atoms with Gasteiger partial charge < -0.3 is 10.1 Å². The van der Waals surface area contributed by atoms with E-state index in [1.165, 1.54) is 13.5 Å². The van der Waals surface area contributed by atoms with Crippen LogP contribution in [0.2, 0.25) is 5.02 Å². The van der Waals surface area contributed by atoms with E-state index in [-0.39, 0.29) is 5.97 Å². The number of esters is 1. The quantitative estimate of drug-likeness (QED) is 0.679. The molecule has 2 aliphatic rings. The topological polar surface area (TPSA) is 38.3 Å². The second kappa shape index (κ2) is 4.89. The number of ether oxygens (including phenoxy) is 1. The third-order valence-corrected chi connectivity index (χ3v) is 4.33. The maximum absolute atomic E-state index is 11.7. The largest absolute Gasteiger partial charge is 0.465 e. The molecule has 4 heteroatoms. The molecule has 0 heterocycles. The van der Waals surface area contributed by atoms with Crippen LogP contribution in [-0.2, 0) is 4.74 Å². The summed E-state index contributed by atoms with van der Waals surface area (Å²) in [6.45, 7) is 0. The van der Waals surface area contributed by atoms with E-state index in [0.717, 1.165) is 18.0 Å². The summed E-state index contributed by atoms with van der Waals surface area (Å²) >= 11 is 6.01. The van der Waals surface area contributed by atoms with Crippen molar-refractivity contribution in [3.8, 4) is 0 Å². The zero-order valence-electron chi connectivity index (χ0n) is 10.7. The van der Waals surface area contributed by atoms with Crippen molar-refractivity contribution in [3.05, 3.63) is 40.9 Å². The number of hydrogen-bond acceptors (Lipinski definition) is 3. The smallest absolute Gasteiger partial charge is 0.339 e. The van der Waals surface area contributed by atoms with Crippen LogP contribution < -0.4 is 5.32 Å². The van der Waals surface area contributed by atoms with Crippen molar-refractivity contribution in [1.29, 1.82) is 0 Å². The molecule has 1 saturated carbocycles. The highest BCUT2D eigenvalue weighted by atomic mass is 35.5. The van der Waals surface area contributed by atoms with Gasteiger partial charge in [0.25, 0.3) is 0 Å². The van der Waals surface area contributed by atoms with Crippen molar-refractivity contribution in [2.75, 3.05) is 12.4 Å². The van der Waals surface area contributed by atoms with Gasteiger partial charge in [-0.05, 0) is 37.0 Å². The molecule has 2 aliphatic carbocycles. The minimum Gasteiger partial charge on any atom is -0.465 e. The molecule has 100 valence electrons. The Morgan fingerprint density at radius 3 is 3.05 bits per heavy atom. The number of carbonyl (C=O) groups excluding carboxylic acids is 1. The summed E-state index contributed by atoms with van der Waals surface area (Å²) in [7, 11) is 1.39. The van der Waals surface area contributed by atoms with E-state index in [1.807, 2.05) is 0 Å². The molecule has 1 fully saturated rings. The van der Waals surface area contributed by atoms with Crippen LogP contribution in [0.4, 0.5) is 5.69 Å². The maximum atomic E-state index is 11.7. The van der Waals surface area contributed by atoms with Gasteiger partial charge in [-0.1, -0.05) is 23.8 Å². The molecule has 3 rings (SSSR count). The lowest BCUT2D eigenvalue weighted by molar-refractivity contribution is 0.0601. The van der Waals surface area contributed by atoms with Crippen LogP contribution in [0, 0.1) is 11.8 Å². The number of fused-ring (bicyclic) bond motifs is 1. The third kappa shape index (κ3) is 2.23. The summed E-state index contributed by atoms with van der Waals surface area (Å²) in [6, 6.07) is 5.60. The Balaban J connectivity index is 1.81. The monoisotopic (exact) mass is 277 g/mol. The highest BCUT2D eigenvalue weighted by Crippen LogP contribution is 2.44. The zero-order chi connectivity index (χ0) is 13.4. The summed E-state index contributed by atoms with van der Waals surface area (Å²) < 4.78 is 4.80. The lowest BCUT2D eigenvalue weighted by Gasteiger charge is -2.41. The molecule has 3 atom stereocenters. The lowest BCUT2D eigenvalue weighted by atomic mass is 9.71. The third-order valence-electron chi connectivity index (χ3n) is 4.09. The number of rotatable bonds is 3. The molecule has 0 amide bonds. The van der Waals surface area contributed by atoms with Gasteiger partial charge in [-0.15, -0.1) is 0 Å². The van der Waals surface area contributed by atoms with E-state index in [1.54, 1.807) is 18.2 Å². The number of carbonyl (C=O) groups is 1. The van der Waals surface area contributed by atoms with E-state index in [9.17, 15) is 4.79 Å². The van der Waals surface area contributed by atoms with Crippen LogP contribution in [0.15, 0.2) is 30.4 Å². The molecule has 0 bridgehead atoms. The Morgan fingerprint density at radius 1 is 1.47 bits per heavy atom. The molecule has 1 aromatic carbocycles. The number of benzene rings is 1. The molecule has 3 unspecified atom stereocenters. The molecule has 0 saturated heterocycles. The first kappa shape index (κ1) is 12.5. The summed E-state index contributed by atoms with van der Waals surface area (Å²) in [4.78, 5) is 11.7. The number of allylic oxidation sites excluding steroid dienone is 1. The van der Waals surface area contributed by atoms with Gasteiger partial charge in [0.15, 0.2) is 0 Å². The Bertz CT molecular complexity index is 541. The standard InChI is InChI=1S/C15H16ClNO2/c1-19-15(18)12-6-5-10(16)8-14(12)17-13-7-9-3-2-4-11(9)13/h2,4-6,8-9,11,13,17H,3,7H2,1H3. The second-order valence-electron chi connectivity index (χ2n) is 5.17. The average molecular weight is 278 g/mol. The maximum Gasteiger partial charge on any atom is 0.339 e. The van der Waals surface area contributed by atoms with Crippen molar-refractivity contribution in [3.63, 3.8) is 0 Å². The van der Waals surface area contributed by atoms with Gasteiger partial charge in [-0.2, -0.15) is 0 Å². The molecule has 0 aliphatic heterocycles. The molecular formula is C15H16ClNO2. The van der Waals surface area contributed by atoms with Gasteiger partial charge >= 0.3 is 5.97 Å². The van der Waals surface area contributed by atoms with E-state index in [2.05, 4.69) is 17.5 Å². The number of halogens is 1. The molecule has 0 spiro atoms. The first-order valence-electron chi connectivity index (χ1n) is 6.50. The average Bonchev–Trinajstić information content (AvgIpc) is 2.76. The predicted molar refractivity (Wildman–Crippen MR) is 75.6 cm³/mol. The van der Waals surface area contributed by atoms with Gasteiger partial charge in [0.1, 0.15) is 0 Å². The normalized spacial score (nSPS) is 27.6. The number of anilines is 1. The first-order chi connectivity index (χ1) is 9.19. The van der Waals surface area contributed by atoms with E-state index in [0.29, 0.717) is 22.5 Å². The second-order valence-corrected chi connectivity index (χ2v) is 5.61. The van der Waals surface area contributed by atoms with Crippen LogP contribution >= 0.6 is 11.6 Å². The summed E-state index contributed by atoms with van der Waals surface area (Å²) in [5.41, 5.74) is 1.31.